The van der Waals surface area contributed by atoms with Crippen molar-refractivity contribution in [1.29, 1.82) is 0 Å². The Kier molecular flexibility index (Phi) is 5.99. The van der Waals surface area contributed by atoms with Gasteiger partial charge in [0.15, 0.2) is 11.6 Å². The van der Waals surface area contributed by atoms with E-state index >= 15 is 0 Å². The molecule has 0 amide bonds. The minimum Gasteiger partial charge on any atom is -0.494 e. The highest BCUT2D eigenvalue weighted by Gasteiger charge is 2.08. The summed E-state index contributed by atoms with van der Waals surface area (Å²) in [6, 6.07) is 1.89. The molecule has 0 unspecified atom stereocenters. The van der Waals surface area contributed by atoms with E-state index in [0.717, 1.165) is 31.1 Å². The van der Waals surface area contributed by atoms with Crippen LogP contribution in [0.4, 0.5) is 8.78 Å². The molecular formula is C14H16F2O3. The van der Waals surface area contributed by atoms with Gasteiger partial charge in [-0.1, -0.05) is 13.3 Å². The van der Waals surface area contributed by atoms with Gasteiger partial charge in [0.25, 0.3) is 0 Å². The lowest BCUT2D eigenvalue weighted by Crippen LogP contribution is -2.01. The number of rotatable bonds is 6. The van der Waals surface area contributed by atoms with Crippen molar-refractivity contribution in [1.82, 2.24) is 0 Å². The van der Waals surface area contributed by atoms with Gasteiger partial charge >= 0.3 is 5.97 Å². The summed E-state index contributed by atoms with van der Waals surface area (Å²) in [6.07, 6.45) is 3.92. The Labute approximate surface area is 110 Å². The van der Waals surface area contributed by atoms with Crippen molar-refractivity contribution in [3.05, 3.63) is 35.4 Å². The van der Waals surface area contributed by atoms with Gasteiger partial charge in [-0.05, 0) is 18.6 Å². The predicted molar refractivity (Wildman–Crippen MR) is 67.8 cm³/mol. The van der Waals surface area contributed by atoms with Crippen LogP contribution < -0.4 is 4.74 Å². The number of hydrogen-bond acceptors (Lipinski definition) is 3. The fourth-order valence-electron chi connectivity index (χ4n) is 1.35. The van der Waals surface area contributed by atoms with Crippen LogP contribution >= 0.6 is 0 Å². The van der Waals surface area contributed by atoms with Crippen LogP contribution in [-0.4, -0.2) is 19.7 Å². The Hall–Kier alpha value is -1.91. The van der Waals surface area contributed by atoms with Crippen molar-refractivity contribution in [3.8, 4) is 5.75 Å². The molecule has 1 rings (SSSR count). The number of carbonyl (C=O) groups excluding carboxylic acids is 1. The van der Waals surface area contributed by atoms with Crippen LogP contribution in [0.1, 0.15) is 25.3 Å². The van der Waals surface area contributed by atoms with Crippen molar-refractivity contribution in [3.63, 3.8) is 0 Å². The van der Waals surface area contributed by atoms with Crippen LogP contribution in [0, 0.1) is 11.6 Å². The number of unbranched alkanes of at least 4 members (excludes halogenated alkanes) is 1. The molecule has 0 atom stereocenters. The molecule has 0 saturated carbocycles. The molecule has 0 heterocycles. The molecule has 0 radical (unpaired) electrons. The highest BCUT2D eigenvalue weighted by molar-refractivity contribution is 5.87. The first-order chi connectivity index (χ1) is 9.08. The van der Waals surface area contributed by atoms with Crippen molar-refractivity contribution in [2.45, 2.75) is 19.8 Å². The van der Waals surface area contributed by atoms with E-state index in [1.807, 2.05) is 6.92 Å². The first-order valence-corrected chi connectivity index (χ1v) is 5.96. The maximum absolute atomic E-state index is 13.5. The molecule has 3 nitrogen and oxygen atoms in total. The van der Waals surface area contributed by atoms with Gasteiger partial charge in [-0.25, -0.2) is 13.6 Å². The van der Waals surface area contributed by atoms with Gasteiger partial charge in [-0.2, -0.15) is 0 Å². The van der Waals surface area contributed by atoms with Crippen LogP contribution in [0.15, 0.2) is 18.2 Å². The maximum atomic E-state index is 13.5. The zero-order valence-corrected chi connectivity index (χ0v) is 10.9. The molecule has 0 fully saturated rings. The molecule has 0 aliphatic rings. The van der Waals surface area contributed by atoms with E-state index < -0.39 is 17.6 Å². The number of benzene rings is 1. The standard InChI is InChI=1S/C14H16F2O3/c1-3-4-7-19-14(17)6-5-10-8-12(16)13(18-2)9-11(10)15/h5-6,8-9H,3-4,7H2,1-2H3. The predicted octanol–water partition coefficient (Wildman–Crippen LogP) is 3.33. The summed E-state index contributed by atoms with van der Waals surface area (Å²) in [5.74, 6) is -2.12. The Morgan fingerprint density at radius 2 is 2.05 bits per heavy atom. The maximum Gasteiger partial charge on any atom is 0.330 e. The molecule has 5 heteroatoms. The fourth-order valence-corrected chi connectivity index (χ4v) is 1.35. The number of esters is 1. The Morgan fingerprint density at radius 3 is 2.68 bits per heavy atom. The van der Waals surface area contributed by atoms with E-state index in [1.54, 1.807) is 0 Å². The summed E-state index contributed by atoms with van der Waals surface area (Å²) in [5.41, 5.74) is -0.0364. The molecule has 19 heavy (non-hydrogen) atoms. The van der Waals surface area contributed by atoms with E-state index in [9.17, 15) is 13.6 Å². The topological polar surface area (TPSA) is 35.5 Å². The fraction of sp³-hybridized carbons (Fsp3) is 0.357. The third-order valence-electron chi connectivity index (χ3n) is 2.41. The Morgan fingerprint density at radius 1 is 1.32 bits per heavy atom. The Balaban J connectivity index is 2.71. The van der Waals surface area contributed by atoms with Crippen molar-refractivity contribution in [2.24, 2.45) is 0 Å². The minimum absolute atomic E-state index is 0.0364. The third-order valence-corrected chi connectivity index (χ3v) is 2.41. The lowest BCUT2D eigenvalue weighted by Gasteiger charge is -2.04. The average Bonchev–Trinajstić information content (AvgIpc) is 2.39. The number of methoxy groups -OCH3 is 1. The summed E-state index contributed by atoms with van der Waals surface area (Å²) >= 11 is 0. The quantitative estimate of drug-likeness (QED) is 0.452. The molecule has 1 aromatic carbocycles. The summed E-state index contributed by atoms with van der Waals surface area (Å²) < 4.78 is 36.4. The normalized spacial score (nSPS) is 10.7. The lowest BCUT2D eigenvalue weighted by molar-refractivity contribution is -0.137. The molecule has 0 spiro atoms. The van der Waals surface area contributed by atoms with Gasteiger partial charge in [0, 0.05) is 17.7 Å². The van der Waals surface area contributed by atoms with Gasteiger partial charge < -0.3 is 9.47 Å². The first kappa shape index (κ1) is 15.1. The third kappa shape index (κ3) is 4.69. The SMILES string of the molecule is CCCCOC(=O)C=Cc1cc(F)c(OC)cc1F. The zero-order valence-electron chi connectivity index (χ0n) is 10.9. The van der Waals surface area contributed by atoms with E-state index in [2.05, 4.69) is 4.74 Å². The van der Waals surface area contributed by atoms with Gasteiger partial charge in [0.05, 0.1) is 13.7 Å². The molecule has 1 aromatic rings. The van der Waals surface area contributed by atoms with Gasteiger partial charge in [-0.3, -0.25) is 0 Å². The van der Waals surface area contributed by atoms with Gasteiger partial charge in [0.2, 0.25) is 0 Å². The van der Waals surface area contributed by atoms with Crippen LogP contribution in [0.2, 0.25) is 0 Å². The van der Waals surface area contributed by atoms with Crippen molar-refractivity contribution < 1.29 is 23.0 Å². The second-order valence-corrected chi connectivity index (χ2v) is 3.86. The number of carbonyl (C=O) groups is 1. The molecule has 0 bridgehead atoms. The molecule has 104 valence electrons. The first-order valence-electron chi connectivity index (χ1n) is 5.96. The molecule has 0 saturated heterocycles. The molecule has 0 aliphatic heterocycles. The van der Waals surface area contributed by atoms with E-state index in [4.69, 9.17) is 4.74 Å². The minimum atomic E-state index is -0.692. The van der Waals surface area contributed by atoms with Gasteiger partial charge in [0.1, 0.15) is 5.82 Å². The lowest BCUT2D eigenvalue weighted by atomic mass is 10.2. The molecule has 0 aromatic heterocycles. The van der Waals surface area contributed by atoms with Crippen LogP contribution in [0.5, 0.6) is 5.75 Å². The number of ether oxygens (including phenoxy) is 2. The van der Waals surface area contributed by atoms with Crippen LogP contribution in [0.25, 0.3) is 6.08 Å². The second-order valence-electron chi connectivity index (χ2n) is 3.86. The highest BCUT2D eigenvalue weighted by atomic mass is 19.1. The smallest absolute Gasteiger partial charge is 0.330 e. The second kappa shape index (κ2) is 7.51. The summed E-state index contributed by atoms with van der Waals surface area (Å²) in [7, 11) is 1.25. The monoisotopic (exact) mass is 270 g/mol. The van der Waals surface area contributed by atoms with Crippen molar-refractivity contribution >= 4 is 12.0 Å². The Bertz CT molecular complexity index is 470. The van der Waals surface area contributed by atoms with E-state index in [0.29, 0.717) is 6.61 Å². The number of hydrogen-bond donors (Lipinski definition) is 0. The van der Waals surface area contributed by atoms with E-state index in [-0.39, 0.29) is 11.3 Å². The molecular weight excluding hydrogens is 254 g/mol. The zero-order chi connectivity index (χ0) is 14.3. The average molecular weight is 270 g/mol. The highest BCUT2D eigenvalue weighted by Crippen LogP contribution is 2.22. The summed E-state index contributed by atoms with van der Waals surface area (Å²) in [4.78, 5) is 11.3. The van der Waals surface area contributed by atoms with E-state index in [1.165, 1.54) is 13.2 Å². The summed E-state index contributed by atoms with van der Waals surface area (Å²) in [5, 5.41) is 0. The van der Waals surface area contributed by atoms with Gasteiger partial charge in [-0.15, -0.1) is 0 Å². The molecule has 0 N–H and O–H groups in total. The molecule has 0 aliphatic carbocycles. The summed E-state index contributed by atoms with van der Waals surface area (Å²) in [6.45, 7) is 2.29. The van der Waals surface area contributed by atoms with Crippen LogP contribution in [-0.2, 0) is 9.53 Å². The van der Waals surface area contributed by atoms with Crippen LogP contribution in [0.3, 0.4) is 0 Å². The van der Waals surface area contributed by atoms with Crippen molar-refractivity contribution in [2.75, 3.05) is 13.7 Å². The number of halogens is 2. The largest absolute Gasteiger partial charge is 0.494 e.